The van der Waals surface area contributed by atoms with E-state index in [9.17, 15) is 4.79 Å². The van der Waals surface area contributed by atoms with Crippen LogP contribution in [0, 0.1) is 0 Å². The molecule has 29 heavy (non-hydrogen) atoms. The summed E-state index contributed by atoms with van der Waals surface area (Å²) >= 11 is 6.02. The lowest BCUT2D eigenvalue weighted by atomic mass is 9.99. The number of fused-ring (bicyclic) bond motifs is 1. The van der Waals surface area contributed by atoms with E-state index in [0.717, 1.165) is 21.9 Å². The molecule has 0 saturated heterocycles. The Balaban J connectivity index is 1.48. The van der Waals surface area contributed by atoms with Gasteiger partial charge in [-0.1, -0.05) is 84.4 Å². The molecule has 144 valence electrons. The fourth-order valence-corrected chi connectivity index (χ4v) is 3.39. The first-order valence-electron chi connectivity index (χ1n) is 9.40. The number of hydrogen-bond acceptors (Lipinski definition) is 2. The molecule has 3 nitrogen and oxygen atoms in total. The lowest BCUT2D eigenvalue weighted by molar-refractivity contribution is -0.123. The first-order chi connectivity index (χ1) is 14.2. The molecule has 0 heterocycles. The minimum atomic E-state index is -0.277. The van der Waals surface area contributed by atoms with Gasteiger partial charge in [0.05, 0.1) is 6.04 Å². The molecule has 1 amide bonds. The molecule has 0 spiro atoms. The maximum atomic E-state index is 12.6. The van der Waals surface area contributed by atoms with Crippen LogP contribution < -0.4 is 10.1 Å². The Hall–Kier alpha value is -3.30. The van der Waals surface area contributed by atoms with Crippen molar-refractivity contribution in [3.8, 4) is 5.75 Å². The Morgan fingerprint density at radius 3 is 2.21 bits per heavy atom. The highest BCUT2D eigenvalue weighted by Gasteiger charge is 2.17. The number of carbonyl (C=O) groups excluding carboxylic acids is 1. The van der Waals surface area contributed by atoms with E-state index >= 15 is 0 Å². The van der Waals surface area contributed by atoms with Crippen molar-refractivity contribution in [1.29, 1.82) is 0 Å². The van der Waals surface area contributed by atoms with Crippen LogP contribution in [0.3, 0.4) is 0 Å². The Kier molecular flexibility index (Phi) is 5.78. The fraction of sp³-hybridized carbons (Fsp3) is 0.0800. The predicted molar refractivity (Wildman–Crippen MR) is 117 cm³/mol. The second-order valence-electron chi connectivity index (χ2n) is 6.76. The molecule has 0 aromatic heterocycles. The number of rotatable bonds is 6. The van der Waals surface area contributed by atoms with E-state index in [2.05, 4.69) is 5.32 Å². The van der Waals surface area contributed by atoms with E-state index in [1.54, 1.807) is 0 Å². The van der Waals surface area contributed by atoms with Crippen LogP contribution in [0.5, 0.6) is 5.75 Å². The van der Waals surface area contributed by atoms with Crippen LogP contribution in [0.25, 0.3) is 10.8 Å². The lowest BCUT2D eigenvalue weighted by Gasteiger charge is -2.20. The van der Waals surface area contributed by atoms with Crippen molar-refractivity contribution in [2.75, 3.05) is 6.61 Å². The van der Waals surface area contributed by atoms with Gasteiger partial charge in [-0.05, 0) is 46.2 Å². The summed E-state index contributed by atoms with van der Waals surface area (Å²) in [7, 11) is 0. The number of amides is 1. The average molecular weight is 402 g/mol. The standard InChI is InChI=1S/C25H20ClNO2/c26-22-13-10-20(11-14-22)25(19-7-2-1-3-8-19)27-24(28)17-29-23-15-12-18-6-4-5-9-21(18)16-23/h1-16,25H,17H2,(H,27,28)/t25-/m1/s1. The molecule has 4 rings (SSSR count). The van der Waals surface area contributed by atoms with Gasteiger partial charge in [-0.3, -0.25) is 4.79 Å². The number of nitrogens with one attached hydrogen (secondary N) is 1. The lowest BCUT2D eigenvalue weighted by Crippen LogP contribution is -2.33. The molecule has 0 bridgehead atoms. The largest absolute Gasteiger partial charge is 0.484 e. The third-order valence-electron chi connectivity index (χ3n) is 4.73. The van der Waals surface area contributed by atoms with Crippen molar-refractivity contribution in [1.82, 2.24) is 5.32 Å². The summed E-state index contributed by atoms with van der Waals surface area (Å²) in [4.78, 5) is 12.6. The molecule has 4 heteroatoms. The normalized spacial score (nSPS) is 11.8. The van der Waals surface area contributed by atoms with Crippen LogP contribution in [-0.2, 0) is 4.79 Å². The van der Waals surface area contributed by atoms with Crippen molar-refractivity contribution in [3.05, 3.63) is 113 Å². The van der Waals surface area contributed by atoms with Gasteiger partial charge in [0.2, 0.25) is 0 Å². The zero-order chi connectivity index (χ0) is 20.1. The number of ether oxygens (including phenoxy) is 1. The van der Waals surface area contributed by atoms with Crippen molar-refractivity contribution in [2.24, 2.45) is 0 Å². The van der Waals surface area contributed by atoms with E-state index in [-0.39, 0.29) is 18.6 Å². The SMILES string of the molecule is O=C(COc1ccc2ccccc2c1)N[C@H](c1ccccc1)c1ccc(Cl)cc1. The van der Waals surface area contributed by atoms with Crippen molar-refractivity contribution < 1.29 is 9.53 Å². The summed E-state index contributed by atoms with van der Waals surface area (Å²) in [5, 5.41) is 5.94. The number of benzene rings is 4. The third-order valence-corrected chi connectivity index (χ3v) is 4.98. The smallest absolute Gasteiger partial charge is 0.258 e. The highest BCUT2D eigenvalue weighted by molar-refractivity contribution is 6.30. The average Bonchev–Trinajstić information content (AvgIpc) is 2.77. The van der Waals surface area contributed by atoms with Gasteiger partial charge in [-0.2, -0.15) is 0 Å². The Morgan fingerprint density at radius 2 is 1.45 bits per heavy atom. The van der Waals surface area contributed by atoms with Gasteiger partial charge in [0.25, 0.3) is 5.91 Å². The quantitative estimate of drug-likeness (QED) is 0.445. The fourth-order valence-electron chi connectivity index (χ4n) is 3.27. The van der Waals surface area contributed by atoms with E-state index < -0.39 is 0 Å². The first-order valence-corrected chi connectivity index (χ1v) is 9.78. The number of carbonyl (C=O) groups is 1. The van der Waals surface area contributed by atoms with Gasteiger partial charge >= 0.3 is 0 Å². The molecule has 0 saturated carbocycles. The molecular formula is C25H20ClNO2. The molecule has 0 unspecified atom stereocenters. The van der Waals surface area contributed by atoms with E-state index in [4.69, 9.17) is 16.3 Å². The summed E-state index contributed by atoms with van der Waals surface area (Å²) in [6, 6.07) is 30.9. The highest BCUT2D eigenvalue weighted by Crippen LogP contribution is 2.24. The highest BCUT2D eigenvalue weighted by atomic mass is 35.5. The van der Waals surface area contributed by atoms with Gasteiger partial charge in [0.1, 0.15) is 5.75 Å². The molecule has 4 aromatic carbocycles. The molecule has 0 aliphatic carbocycles. The van der Waals surface area contributed by atoms with E-state index in [0.29, 0.717) is 10.8 Å². The molecular weight excluding hydrogens is 382 g/mol. The minimum Gasteiger partial charge on any atom is -0.484 e. The van der Waals surface area contributed by atoms with Crippen LogP contribution in [0.2, 0.25) is 5.02 Å². The van der Waals surface area contributed by atoms with Crippen molar-refractivity contribution in [2.45, 2.75) is 6.04 Å². The Labute approximate surface area is 174 Å². The summed E-state index contributed by atoms with van der Waals surface area (Å²) in [5.41, 5.74) is 1.95. The van der Waals surface area contributed by atoms with E-state index in [1.807, 2.05) is 97.1 Å². The molecule has 0 aliphatic heterocycles. The van der Waals surface area contributed by atoms with Crippen molar-refractivity contribution in [3.63, 3.8) is 0 Å². The summed E-state index contributed by atoms with van der Waals surface area (Å²) in [6.07, 6.45) is 0. The van der Waals surface area contributed by atoms with Gasteiger partial charge in [0, 0.05) is 5.02 Å². The van der Waals surface area contributed by atoms with Crippen LogP contribution >= 0.6 is 11.6 Å². The molecule has 0 fully saturated rings. The number of halogens is 1. The Bertz CT molecular complexity index is 1110. The minimum absolute atomic E-state index is 0.0603. The molecule has 1 N–H and O–H groups in total. The van der Waals surface area contributed by atoms with Gasteiger partial charge < -0.3 is 10.1 Å². The van der Waals surface area contributed by atoms with Gasteiger partial charge in [-0.15, -0.1) is 0 Å². The summed E-state index contributed by atoms with van der Waals surface area (Å²) in [5.74, 6) is 0.476. The zero-order valence-corrected chi connectivity index (χ0v) is 16.5. The Morgan fingerprint density at radius 1 is 0.793 bits per heavy atom. The first kappa shape index (κ1) is 19.0. The van der Waals surface area contributed by atoms with Crippen LogP contribution in [0.1, 0.15) is 17.2 Å². The second kappa shape index (κ2) is 8.80. The number of hydrogen-bond donors (Lipinski definition) is 1. The molecule has 4 aromatic rings. The van der Waals surface area contributed by atoms with E-state index in [1.165, 1.54) is 0 Å². The van der Waals surface area contributed by atoms with Gasteiger partial charge in [0.15, 0.2) is 6.61 Å². The van der Waals surface area contributed by atoms with Gasteiger partial charge in [-0.25, -0.2) is 0 Å². The zero-order valence-electron chi connectivity index (χ0n) is 15.7. The molecule has 0 aliphatic rings. The monoisotopic (exact) mass is 401 g/mol. The summed E-state index contributed by atoms with van der Waals surface area (Å²) < 4.78 is 5.73. The topological polar surface area (TPSA) is 38.3 Å². The van der Waals surface area contributed by atoms with Crippen molar-refractivity contribution >= 4 is 28.3 Å². The molecule has 0 radical (unpaired) electrons. The van der Waals surface area contributed by atoms with Crippen LogP contribution in [0.4, 0.5) is 0 Å². The van der Waals surface area contributed by atoms with Crippen LogP contribution in [-0.4, -0.2) is 12.5 Å². The maximum Gasteiger partial charge on any atom is 0.258 e. The van der Waals surface area contributed by atoms with Crippen LogP contribution in [0.15, 0.2) is 97.1 Å². The maximum absolute atomic E-state index is 12.6. The molecule has 1 atom stereocenters. The summed E-state index contributed by atoms with van der Waals surface area (Å²) in [6.45, 7) is -0.0603. The third kappa shape index (κ3) is 4.76. The second-order valence-corrected chi connectivity index (χ2v) is 7.20. The predicted octanol–water partition coefficient (Wildman–Crippen LogP) is 5.78.